The summed E-state index contributed by atoms with van der Waals surface area (Å²) in [6.45, 7) is 4.96. The van der Waals surface area contributed by atoms with E-state index >= 15 is 0 Å². The normalized spacial score (nSPS) is 13.1. The quantitative estimate of drug-likeness (QED) is 0.851. The van der Waals surface area contributed by atoms with E-state index in [0.717, 1.165) is 36.8 Å². The van der Waals surface area contributed by atoms with Crippen LogP contribution in [-0.2, 0) is 20.1 Å². The van der Waals surface area contributed by atoms with Gasteiger partial charge in [0.1, 0.15) is 0 Å². The van der Waals surface area contributed by atoms with Gasteiger partial charge in [0.05, 0.1) is 16.9 Å². The van der Waals surface area contributed by atoms with Crippen molar-refractivity contribution in [3.8, 4) is 11.5 Å². The second kappa shape index (κ2) is 5.95. The molecule has 0 fully saturated rings. The van der Waals surface area contributed by atoms with Crippen molar-refractivity contribution < 1.29 is 9.47 Å². The second-order valence-corrected chi connectivity index (χ2v) is 5.46. The number of rotatable bonds is 5. The molecule has 0 amide bonds. The van der Waals surface area contributed by atoms with Crippen LogP contribution in [0.1, 0.15) is 18.2 Å². The standard InChI is InChI=1S/C15H18ClN3O2/c1-3-19(9-13-12(16)7-17-18(13)2)8-11-4-5-14-15(6-11)21-10-20-14/h4-7H,3,8-10H2,1-2H3. The second-order valence-electron chi connectivity index (χ2n) is 5.05. The molecule has 0 bridgehead atoms. The highest BCUT2D eigenvalue weighted by Crippen LogP contribution is 2.33. The Morgan fingerprint density at radius 3 is 2.81 bits per heavy atom. The van der Waals surface area contributed by atoms with Crippen LogP contribution in [0.4, 0.5) is 0 Å². The molecule has 2 heterocycles. The van der Waals surface area contributed by atoms with Crippen molar-refractivity contribution >= 4 is 11.6 Å². The number of nitrogens with zero attached hydrogens (tertiary/aromatic N) is 3. The lowest BCUT2D eigenvalue weighted by Crippen LogP contribution is -2.23. The Bertz CT molecular complexity index is 622. The van der Waals surface area contributed by atoms with E-state index in [1.54, 1.807) is 6.20 Å². The molecule has 0 saturated heterocycles. The van der Waals surface area contributed by atoms with Crippen molar-refractivity contribution in [1.29, 1.82) is 0 Å². The van der Waals surface area contributed by atoms with E-state index < -0.39 is 0 Å². The van der Waals surface area contributed by atoms with E-state index in [-0.39, 0.29) is 0 Å². The van der Waals surface area contributed by atoms with Gasteiger partial charge in [0.2, 0.25) is 6.79 Å². The van der Waals surface area contributed by atoms with Gasteiger partial charge in [-0.2, -0.15) is 5.10 Å². The van der Waals surface area contributed by atoms with Crippen LogP contribution in [0.15, 0.2) is 24.4 Å². The first-order chi connectivity index (χ1) is 10.2. The Morgan fingerprint density at radius 2 is 2.10 bits per heavy atom. The molecule has 21 heavy (non-hydrogen) atoms. The van der Waals surface area contributed by atoms with Gasteiger partial charge < -0.3 is 9.47 Å². The highest BCUT2D eigenvalue weighted by Gasteiger charge is 2.16. The molecular weight excluding hydrogens is 290 g/mol. The van der Waals surface area contributed by atoms with Gasteiger partial charge in [0.25, 0.3) is 0 Å². The van der Waals surface area contributed by atoms with E-state index in [9.17, 15) is 0 Å². The first-order valence-electron chi connectivity index (χ1n) is 6.94. The van der Waals surface area contributed by atoms with Crippen molar-refractivity contribution in [3.05, 3.63) is 40.7 Å². The lowest BCUT2D eigenvalue weighted by molar-refractivity contribution is 0.174. The molecule has 0 atom stereocenters. The smallest absolute Gasteiger partial charge is 0.231 e. The summed E-state index contributed by atoms with van der Waals surface area (Å²) in [6.07, 6.45) is 1.69. The molecule has 1 aliphatic heterocycles. The van der Waals surface area contributed by atoms with Crippen LogP contribution in [0.25, 0.3) is 0 Å². The van der Waals surface area contributed by atoms with Gasteiger partial charge in [-0.1, -0.05) is 24.6 Å². The maximum Gasteiger partial charge on any atom is 0.231 e. The molecule has 0 aliphatic carbocycles. The number of benzene rings is 1. The van der Waals surface area contributed by atoms with E-state index in [1.165, 1.54) is 5.56 Å². The number of hydrogen-bond acceptors (Lipinski definition) is 4. The zero-order chi connectivity index (χ0) is 14.8. The van der Waals surface area contributed by atoms with Crippen molar-refractivity contribution in [3.63, 3.8) is 0 Å². The third kappa shape index (κ3) is 2.99. The molecule has 0 saturated carbocycles. The molecule has 0 spiro atoms. The minimum atomic E-state index is 0.306. The van der Waals surface area contributed by atoms with Crippen LogP contribution in [0.5, 0.6) is 11.5 Å². The Hall–Kier alpha value is -1.72. The molecule has 3 rings (SSSR count). The topological polar surface area (TPSA) is 39.5 Å². The molecular formula is C15H18ClN3O2. The Balaban J connectivity index is 1.73. The highest BCUT2D eigenvalue weighted by atomic mass is 35.5. The fraction of sp³-hybridized carbons (Fsp3) is 0.400. The van der Waals surface area contributed by atoms with Crippen LogP contribution in [0.2, 0.25) is 5.02 Å². The largest absolute Gasteiger partial charge is 0.454 e. The fourth-order valence-corrected chi connectivity index (χ4v) is 2.63. The molecule has 2 aromatic rings. The van der Waals surface area contributed by atoms with E-state index in [2.05, 4.69) is 23.0 Å². The summed E-state index contributed by atoms with van der Waals surface area (Å²) in [5, 5.41) is 4.89. The number of aromatic nitrogens is 2. The molecule has 6 heteroatoms. The molecule has 112 valence electrons. The summed E-state index contributed by atoms with van der Waals surface area (Å²) in [5.41, 5.74) is 2.22. The SMILES string of the molecule is CCN(Cc1ccc2c(c1)OCO2)Cc1c(Cl)cnn1C. The predicted molar refractivity (Wildman–Crippen MR) is 80.6 cm³/mol. The average Bonchev–Trinajstić information content (AvgIpc) is 3.07. The zero-order valence-electron chi connectivity index (χ0n) is 12.2. The Morgan fingerprint density at radius 1 is 1.29 bits per heavy atom. The highest BCUT2D eigenvalue weighted by molar-refractivity contribution is 6.31. The molecule has 0 N–H and O–H groups in total. The van der Waals surface area contributed by atoms with Gasteiger partial charge in [-0.05, 0) is 24.2 Å². The van der Waals surface area contributed by atoms with Crippen molar-refractivity contribution in [2.24, 2.45) is 7.05 Å². The van der Waals surface area contributed by atoms with E-state index in [1.807, 2.05) is 23.9 Å². The number of fused-ring (bicyclic) bond motifs is 1. The monoisotopic (exact) mass is 307 g/mol. The van der Waals surface area contributed by atoms with Crippen LogP contribution in [0.3, 0.4) is 0 Å². The third-order valence-electron chi connectivity index (χ3n) is 3.67. The number of hydrogen-bond donors (Lipinski definition) is 0. The molecule has 1 aromatic carbocycles. The first-order valence-corrected chi connectivity index (χ1v) is 7.32. The number of ether oxygens (including phenoxy) is 2. The van der Waals surface area contributed by atoms with Crippen molar-refractivity contribution in [2.45, 2.75) is 20.0 Å². The summed E-state index contributed by atoms with van der Waals surface area (Å²) in [5.74, 6) is 1.64. The third-order valence-corrected chi connectivity index (χ3v) is 3.99. The van der Waals surface area contributed by atoms with Gasteiger partial charge in [-0.15, -0.1) is 0 Å². The first kappa shape index (κ1) is 14.2. The van der Waals surface area contributed by atoms with Gasteiger partial charge >= 0.3 is 0 Å². The van der Waals surface area contributed by atoms with Gasteiger partial charge in [-0.3, -0.25) is 9.58 Å². The predicted octanol–water partition coefficient (Wildman–Crippen LogP) is 2.82. The van der Waals surface area contributed by atoms with E-state index in [4.69, 9.17) is 21.1 Å². The molecule has 1 aromatic heterocycles. The van der Waals surface area contributed by atoms with Gasteiger partial charge in [0, 0.05) is 20.1 Å². The minimum Gasteiger partial charge on any atom is -0.454 e. The van der Waals surface area contributed by atoms with Gasteiger partial charge in [-0.25, -0.2) is 0 Å². The fourth-order valence-electron chi connectivity index (χ4n) is 2.40. The maximum atomic E-state index is 6.18. The average molecular weight is 308 g/mol. The summed E-state index contributed by atoms with van der Waals surface area (Å²) >= 11 is 6.18. The van der Waals surface area contributed by atoms with E-state index in [0.29, 0.717) is 11.8 Å². The molecule has 1 aliphatic rings. The Kier molecular flexibility index (Phi) is 4.03. The van der Waals surface area contributed by atoms with Crippen LogP contribution >= 0.6 is 11.6 Å². The molecule has 0 radical (unpaired) electrons. The summed E-state index contributed by atoms with van der Waals surface area (Å²) in [6, 6.07) is 6.07. The summed E-state index contributed by atoms with van der Waals surface area (Å²) in [7, 11) is 1.91. The molecule has 0 unspecified atom stereocenters. The summed E-state index contributed by atoms with van der Waals surface area (Å²) in [4.78, 5) is 2.31. The van der Waals surface area contributed by atoms with Crippen molar-refractivity contribution in [1.82, 2.24) is 14.7 Å². The lowest BCUT2D eigenvalue weighted by Gasteiger charge is -2.21. The van der Waals surface area contributed by atoms with Crippen LogP contribution in [-0.4, -0.2) is 28.0 Å². The number of halogens is 1. The zero-order valence-corrected chi connectivity index (χ0v) is 12.9. The van der Waals surface area contributed by atoms with Crippen molar-refractivity contribution in [2.75, 3.05) is 13.3 Å². The van der Waals surface area contributed by atoms with Gasteiger partial charge in [0.15, 0.2) is 11.5 Å². The maximum absolute atomic E-state index is 6.18. The van der Waals surface area contributed by atoms with Crippen LogP contribution in [0, 0.1) is 0 Å². The summed E-state index contributed by atoms with van der Waals surface area (Å²) < 4.78 is 12.6. The Labute approximate surface area is 129 Å². The van der Waals surface area contributed by atoms with Crippen LogP contribution < -0.4 is 9.47 Å². The molecule has 5 nitrogen and oxygen atoms in total. The lowest BCUT2D eigenvalue weighted by atomic mass is 10.2. The number of aryl methyl sites for hydroxylation is 1. The minimum absolute atomic E-state index is 0.306.